The van der Waals surface area contributed by atoms with Gasteiger partial charge in [-0.25, -0.2) is 4.39 Å². The second-order valence-corrected chi connectivity index (χ2v) is 5.67. The van der Waals surface area contributed by atoms with Gasteiger partial charge in [0.15, 0.2) is 0 Å². The molecule has 1 saturated heterocycles. The maximum Gasteiger partial charge on any atom is 0.294 e. The average Bonchev–Trinajstić information content (AvgIpc) is 3.09. The molecule has 0 bridgehead atoms. The predicted octanol–water partition coefficient (Wildman–Crippen LogP) is 3.76. The summed E-state index contributed by atoms with van der Waals surface area (Å²) in [7, 11) is 0. The monoisotopic (exact) mass is 327 g/mol. The van der Waals surface area contributed by atoms with E-state index in [1.54, 1.807) is 24.3 Å². The number of nitrogens with zero attached hydrogens (tertiary/aromatic N) is 1. The molecule has 23 heavy (non-hydrogen) atoms. The van der Waals surface area contributed by atoms with Crippen LogP contribution in [0, 0.1) is 18.2 Å². The van der Waals surface area contributed by atoms with Crippen LogP contribution in [0.5, 0.6) is 0 Å². The average molecular weight is 327 g/mol. The topological polar surface area (TPSA) is 50.5 Å². The number of rotatable bonds is 3. The Hall–Kier alpha value is -2.78. The van der Waals surface area contributed by atoms with Gasteiger partial charge in [0.1, 0.15) is 17.3 Å². The first kappa shape index (κ1) is 15.1. The molecule has 2 heterocycles. The fraction of sp³-hybridized carbons (Fsp3) is 0.0588. The van der Waals surface area contributed by atoms with Gasteiger partial charge in [-0.3, -0.25) is 14.5 Å². The van der Waals surface area contributed by atoms with Crippen LogP contribution in [0.2, 0.25) is 0 Å². The zero-order valence-electron chi connectivity index (χ0n) is 11.8. The van der Waals surface area contributed by atoms with Crippen molar-refractivity contribution in [3.63, 3.8) is 0 Å². The van der Waals surface area contributed by atoms with E-state index in [0.29, 0.717) is 17.1 Å². The van der Waals surface area contributed by atoms with Crippen LogP contribution in [0.3, 0.4) is 0 Å². The number of hydrogen-bond donors (Lipinski definition) is 0. The molecule has 2 aromatic rings. The van der Waals surface area contributed by atoms with Gasteiger partial charge in [0.2, 0.25) is 0 Å². The van der Waals surface area contributed by atoms with Gasteiger partial charge in [-0.15, -0.1) is 6.42 Å². The van der Waals surface area contributed by atoms with Crippen molar-refractivity contribution < 1.29 is 18.4 Å². The lowest BCUT2D eigenvalue weighted by Gasteiger charge is -2.06. The van der Waals surface area contributed by atoms with Crippen LogP contribution in [0.1, 0.15) is 5.76 Å². The molecule has 0 aliphatic carbocycles. The number of halogens is 1. The van der Waals surface area contributed by atoms with Crippen LogP contribution in [0.15, 0.2) is 45.7 Å². The highest BCUT2D eigenvalue weighted by molar-refractivity contribution is 8.18. The number of carbonyl (C=O) groups is 2. The van der Waals surface area contributed by atoms with Crippen LogP contribution >= 0.6 is 11.8 Å². The molecule has 1 aromatic heterocycles. The third kappa shape index (κ3) is 3.05. The standard InChI is InChI=1S/C17H10FNO3S/c1-2-9-19-16(20)15(23-17(19)21)10-13-7-8-14(22-13)11-3-5-12(18)6-4-11/h1,3-8,10H,9H2/b15-10-. The number of furan rings is 1. The fourth-order valence-electron chi connectivity index (χ4n) is 2.06. The van der Waals surface area contributed by atoms with E-state index >= 15 is 0 Å². The van der Waals surface area contributed by atoms with E-state index in [-0.39, 0.29) is 17.3 Å². The molecule has 1 aliphatic rings. The summed E-state index contributed by atoms with van der Waals surface area (Å²) in [5.41, 5.74) is 0.714. The first-order valence-corrected chi connectivity index (χ1v) is 7.45. The molecule has 1 fully saturated rings. The number of imide groups is 1. The summed E-state index contributed by atoms with van der Waals surface area (Å²) >= 11 is 0.817. The van der Waals surface area contributed by atoms with E-state index in [1.807, 2.05) is 0 Å². The van der Waals surface area contributed by atoms with Gasteiger partial charge in [0.05, 0.1) is 11.4 Å². The molecule has 0 N–H and O–H groups in total. The Morgan fingerprint density at radius 3 is 2.65 bits per heavy atom. The minimum Gasteiger partial charge on any atom is -0.457 e. The van der Waals surface area contributed by atoms with Crippen LogP contribution in [0.4, 0.5) is 9.18 Å². The molecule has 3 rings (SSSR count). The Morgan fingerprint density at radius 1 is 1.22 bits per heavy atom. The number of carbonyl (C=O) groups excluding carboxylic acids is 2. The van der Waals surface area contributed by atoms with E-state index in [2.05, 4.69) is 5.92 Å². The molecule has 1 aromatic carbocycles. The summed E-state index contributed by atoms with van der Waals surface area (Å²) in [5.74, 6) is 2.48. The molecule has 1 aliphatic heterocycles. The van der Waals surface area contributed by atoms with Crippen molar-refractivity contribution in [3.05, 3.63) is 52.9 Å². The van der Waals surface area contributed by atoms with Gasteiger partial charge in [-0.2, -0.15) is 0 Å². The quantitative estimate of drug-likeness (QED) is 0.636. The third-order valence-corrected chi connectivity index (χ3v) is 4.06. The van der Waals surface area contributed by atoms with Crippen molar-refractivity contribution >= 4 is 29.0 Å². The van der Waals surface area contributed by atoms with Crippen molar-refractivity contribution in [1.29, 1.82) is 0 Å². The largest absolute Gasteiger partial charge is 0.457 e. The Labute approximate surface area is 136 Å². The molecule has 114 valence electrons. The second kappa shape index (κ2) is 6.15. The van der Waals surface area contributed by atoms with E-state index < -0.39 is 11.1 Å². The molecular formula is C17H10FNO3S. The SMILES string of the molecule is C#CCN1C(=O)S/C(=C\c2ccc(-c3ccc(F)cc3)o2)C1=O. The highest BCUT2D eigenvalue weighted by Crippen LogP contribution is 2.33. The molecule has 4 nitrogen and oxygen atoms in total. The maximum absolute atomic E-state index is 12.9. The Kier molecular flexibility index (Phi) is 4.04. The highest BCUT2D eigenvalue weighted by atomic mass is 32.2. The molecule has 6 heteroatoms. The Balaban J connectivity index is 1.84. The van der Waals surface area contributed by atoms with Crippen LogP contribution < -0.4 is 0 Å². The molecule has 2 amide bonds. The van der Waals surface area contributed by atoms with Crippen molar-refractivity contribution in [2.75, 3.05) is 6.54 Å². The first-order chi connectivity index (χ1) is 11.1. The number of amides is 2. The molecule has 0 spiro atoms. The lowest BCUT2D eigenvalue weighted by Crippen LogP contribution is -2.28. The summed E-state index contributed by atoms with van der Waals surface area (Å²) < 4.78 is 18.5. The highest BCUT2D eigenvalue weighted by Gasteiger charge is 2.34. The smallest absolute Gasteiger partial charge is 0.294 e. The first-order valence-electron chi connectivity index (χ1n) is 6.63. The number of terminal acetylenes is 1. The van der Waals surface area contributed by atoms with Gasteiger partial charge in [0.25, 0.3) is 11.1 Å². The van der Waals surface area contributed by atoms with Crippen LogP contribution in [-0.2, 0) is 4.79 Å². The van der Waals surface area contributed by atoms with Gasteiger partial charge in [-0.1, -0.05) is 5.92 Å². The lowest BCUT2D eigenvalue weighted by atomic mass is 10.2. The zero-order valence-corrected chi connectivity index (χ0v) is 12.6. The minimum atomic E-state index is -0.433. The van der Waals surface area contributed by atoms with Crippen molar-refractivity contribution in [2.24, 2.45) is 0 Å². The minimum absolute atomic E-state index is 0.0546. The summed E-state index contributed by atoms with van der Waals surface area (Å²) in [5, 5.41) is -0.399. The summed E-state index contributed by atoms with van der Waals surface area (Å²) in [6.07, 6.45) is 6.63. The normalized spacial score (nSPS) is 16.2. The zero-order chi connectivity index (χ0) is 16.4. The van der Waals surface area contributed by atoms with Gasteiger partial charge >= 0.3 is 0 Å². The Morgan fingerprint density at radius 2 is 1.96 bits per heavy atom. The molecule has 0 atom stereocenters. The van der Waals surface area contributed by atoms with Crippen molar-refractivity contribution in [1.82, 2.24) is 4.90 Å². The second-order valence-electron chi connectivity index (χ2n) is 4.68. The van der Waals surface area contributed by atoms with Crippen LogP contribution in [0.25, 0.3) is 17.4 Å². The maximum atomic E-state index is 12.9. The van der Waals surface area contributed by atoms with Gasteiger partial charge in [-0.05, 0) is 48.2 Å². The van der Waals surface area contributed by atoms with Gasteiger partial charge < -0.3 is 4.42 Å². The molecule has 0 radical (unpaired) electrons. The third-order valence-electron chi connectivity index (χ3n) is 3.15. The summed E-state index contributed by atoms with van der Waals surface area (Å²) in [4.78, 5) is 25.0. The molecular weight excluding hydrogens is 317 g/mol. The van der Waals surface area contributed by atoms with E-state index in [0.717, 1.165) is 16.7 Å². The van der Waals surface area contributed by atoms with E-state index in [9.17, 15) is 14.0 Å². The predicted molar refractivity (Wildman–Crippen MR) is 85.6 cm³/mol. The number of benzene rings is 1. The van der Waals surface area contributed by atoms with E-state index in [1.165, 1.54) is 18.2 Å². The molecule has 0 unspecified atom stereocenters. The van der Waals surface area contributed by atoms with Crippen molar-refractivity contribution in [2.45, 2.75) is 0 Å². The summed E-state index contributed by atoms with van der Waals surface area (Å²) in [6, 6.07) is 9.25. The number of hydrogen-bond acceptors (Lipinski definition) is 4. The van der Waals surface area contributed by atoms with E-state index in [4.69, 9.17) is 10.8 Å². The Bertz CT molecular complexity index is 845. The van der Waals surface area contributed by atoms with Crippen LogP contribution in [-0.4, -0.2) is 22.6 Å². The summed E-state index contributed by atoms with van der Waals surface area (Å²) in [6.45, 7) is -0.0546. The molecule has 0 saturated carbocycles. The lowest BCUT2D eigenvalue weighted by molar-refractivity contribution is -0.122. The van der Waals surface area contributed by atoms with Gasteiger partial charge in [0, 0.05) is 11.6 Å². The number of thioether (sulfide) groups is 1. The van der Waals surface area contributed by atoms with Crippen molar-refractivity contribution in [3.8, 4) is 23.7 Å². The fourth-order valence-corrected chi connectivity index (χ4v) is 2.87.